The number of benzene rings is 1. The van der Waals surface area contributed by atoms with Crippen molar-refractivity contribution in [2.75, 3.05) is 6.61 Å². The summed E-state index contributed by atoms with van der Waals surface area (Å²) in [7, 11) is 0. The molecule has 0 bridgehead atoms. The number of carbonyl (C=O) groups excluding carboxylic acids is 1. The van der Waals surface area contributed by atoms with Gasteiger partial charge in [-0.1, -0.05) is 37.3 Å². The summed E-state index contributed by atoms with van der Waals surface area (Å²) < 4.78 is 30.7. The van der Waals surface area contributed by atoms with Crippen molar-refractivity contribution in [2.45, 2.75) is 38.8 Å². The number of alkyl halides is 1. The molecule has 0 saturated carbocycles. The zero-order valence-corrected chi connectivity index (χ0v) is 13.3. The van der Waals surface area contributed by atoms with Crippen molar-refractivity contribution in [2.24, 2.45) is 0 Å². The predicted molar refractivity (Wildman–Crippen MR) is 84.9 cm³/mol. The second kappa shape index (κ2) is 7.92. The van der Waals surface area contributed by atoms with Crippen LogP contribution in [0.2, 0.25) is 0 Å². The lowest BCUT2D eigenvalue weighted by Crippen LogP contribution is -2.34. The zero-order chi connectivity index (χ0) is 16.7. The molecule has 0 spiro atoms. The predicted octanol–water partition coefficient (Wildman–Crippen LogP) is 4.18. The number of esters is 1. The van der Waals surface area contributed by atoms with Gasteiger partial charge in [-0.2, -0.15) is 0 Å². The Kier molecular flexibility index (Phi) is 5.93. The van der Waals surface area contributed by atoms with Crippen molar-refractivity contribution in [3.05, 3.63) is 54.1 Å². The number of hydrogen-bond acceptors (Lipinski definition) is 4. The smallest absolute Gasteiger partial charge is 0.341 e. The van der Waals surface area contributed by atoms with Crippen LogP contribution in [-0.4, -0.2) is 24.7 Å². The van der Waals surface area contributed by atoms with Gasteiger partial charge in [0.1, 0.15) is 11.3 Å². The van der Waals surface area contributed by atoms with E-state index >= 15 is 0 Å². The third-order valence-corrected chi connectivity index (χ3v) is 3.29. The van der Waals surface area contributed by atoms with E-state index < -0.39 is 18.1 Å². The number of hydrogen-bond donors (Lipinski definition) is 0. The van der Waals surface area contributed by atoms with Gasteiger partial charge in [-0.3, -0.25) is 0 Å². The molecule has 124 valence electrons. The maximum atomic E-state index is 14.6. The molecule has 0 N–H and O–H groups in total. The maximum absolute atomic E-state index is 14.6. The Balaban J connectivity index is 2.11. The average molecular weight is 320 g/mol. The Morgan fingerprint density at radius 3 is 2.74 bits per heavy atom. The number of para-hydroxylation sites is 1. The second-order valence-corrected chi connectivity index (χ2v) is 5.07. The van der Waals surface area contributed by atoms with E-state index in [9.17, 15) is 9.18 Å². The summed E-state index contributed by atoms with van der Waals surface area (Å²) in [6, 6.07) is 6.69. The zero-order valence-electron chi connectivity index (χ0n) is 13.3. The first-order chi connectivity index (χ1) is 11.1. The minimum absolute atomic E-state index is 0.128. The van der Waals surface area contributed by atoms with Crippen LogP contribution in [0.4, 0.5) is 4.39 Å². The van der Waals surface area contributed by atoms with Crippen LogP contribution in [0.5, 0.6) is 5.75 Å². The molecular formula is C18H21FO4. The van der Waals surface area contributed by atoms with E-state index in [1.807, 2.05) is 6.92 Å². The van der Waals surface area contributed by atoms with E-state index in [1.54, 1.807) is 49.4 Å². The Hall–Kier alpha value is -2.14. The highest BCUT2D eigenvalue weighted by atomic mass is 19.2. The molecule has 5 heteroatoms. The van der Waals surface area contributed by atoms with Gasteiger partial charge >= 0.3 is 5.97 Å². The fourth-order valence-electron chi connectivity index (χ4n) is 2.16. The summed E-state index contributed by atoms with van der Waals surface area (Å²) in [5.41, 5.74) is 0.295. The summed E-state index contributed by atoms with van der Waals surface area (Å²) in [5, 5.41) is 0. The molecule has 0 amide bonds. The van der Waals surface area contributed by atoms with Crippen molar-refractivity contribution in [1.29, 1.82) is 0 Å². The molecule has 0 saturated heterocycles. The van der Waals surface area contributed by atoms with Crippen molar-refractivity contribution < 1.29 is 23.4 Å². The number of carbonyl (C=O) groups is 1. The number of allylic oxidation sites excluding steroid dienone is 2. The van der Waals surface area contributed by atoms with Crippen LogP contribution in [0.25, 0.3) is 0 Å². The minimum Gasteiger partial charge on any atom is -0.464 e. The van der Waals surface area contributed by atoms with Crippen LogP contribution in [0, 0.1) is 0 Å². The van der Waals surface area contributed by atoms with Gasteiger partial charge in [-0.25, -0.2) is 9.18 Å². The highest BCUT2D eigenvalue weighted by molar-refractivity contribution is 5.92. The van der Waals surface area contributed by atoms with Gasteiger partial charge < -0.3 is 14.2 Å². The summed E-state index contributed by atoms with van der Waals surface area (Å²) >= 11 is 0. The van der Waals surface area contributed by atoms with Crippen LogP contribution in [0.3, 0.4) is 0 Å². The lowest BCUT2D eigenvalue weighted by atomic mass is 10.1. The van der Waals surface area contributed by atoms with E-state index in [0.29, 0.717) is 17.7 Å². The Bertz CT molecular complexity index is 596. The van der Waals surface area contributed by atoms with Gasteiger partial charge in [0.05, 0.1) is 6.61 Å². The molecule has 1 aromatic carbocycles. The van der Waals surface area contributed by atoms with Gasteiger partial charge in [0.2, 0.25) is 12.1 Å². The lowest BCUT2D eigenvalue weighted by molar-refractivity contribution is -0.206. The van der Waals surface area contributed by atoms with E-state index in [2.05, 4.69) is 0 Å². The molecule has 2 unspecified atom stereocenters. The van der Waals surface area contributed by atoms with Crippen molar-refractivity contribution in [3.63, 3.8) is 0 Å². The fraction of sp³-hybridized carbons (Fsp3) is 0.389. The first-order valence-corrected chi connectivity index (χ1v) is 7.72. The molecule has 0 aromatic heterocycles. The molecular weight excluding hydrogens is 299 g/mol. The minimum atomic E-state index is -1.89. The van der Waals surface area contributed by atoms with Gasteiger partial charge in [0.15, 0.2) is 0 Å². The molecule has 0 aliphatic heterocycles. The Morgan fingerprint density at radius 1 is 1.30 bits per heavy atom. The largest absolute Gasteiger partial charge is 0.464 e. The van der Waals surface area contributed by atoms with Gasteiger partial charge in [-0.05, 0) is 25.1 Å². The summed E-state index contributed by atoms with van der Waals surface area (Å²) in [5.74, 6) is -2.06. The fourth-order valence-corrected chi connectivity index (χ4v) is 2.16. The third-order valence-electron chi connectivity index (χ3n) is 3.29. The monoisotopic (exact) mass is 320 g/mol. The first-order valence-electron chi connectivity index (χ1n) is 7.72. The van der Waals surface area contributed by atoms with E-state index in [0.717, 1.165) is 0 Å². The number of ether oxygens (including phenoxy) is 3. The summed E-state index contributed by atoms with van der Waals surface area (Å²) in [6.45, 7) is 3.82. The second-order valence-electron chi connectivity index (χ2n) is 5.07. The van der Waals surface area contributed by atoms with Gasteiger partial charge in [0, 0.05) is 12.8 Å². The standard InChI is InChI=1S/C18H21FO4/c1-3-16(23-18(19)12-8-5-9-13-18)22-15-11-7-6-10-14(15)17(20)21-4-2/h5-12,16H,3-4,13H2,1-2H3. The number of halogens is 1. The van der Waals surface area contributed by atoms with Crippen molar-refractivity contribution in [1.82, 2.24) is 0 Å². The van der Waals surface area contributed by atoms with Gasteiger partial charge in [-0.15, -0.1) is 0 Å². The Morgan fingerprint density at radius 2 is 2.09 bits per heavy atom. The van der Waals surface area contributed by atoms with E-state index in [-0.39, 0.29) is 13.0 Å². The molecule has 1 aliphatic carbocycles. The van der Waals surface area contributed by atoms with Crippen LogP contribution in [-0.2, 0) is 9.47 Å². The van der Waals surface area contributed by atoms with Crippen LogP contribution < -0.4 is 4.74 Å². The van der Waals surface area contributed by atoms with E-state index in [1.165, 1.54) is 6.08 Å². The lowest BCUT2D eigenvalue weighted by Gasteiger charge is -2.28. The first kappa shape index (κ1) is 17.2. The van der Waals surface area contributed by atoms with Gasteiger partial charge in [0.25, 0.3) is 0 Å². The topological polar surface area (TPSA) is 44.8 Å². The number of rotatable bonds is 7. The summed E-state index contributed by atoms with van der Waals surface area (Å²) in [4.78, 5) is 12.0. The van der Waals surface area contributed by atoms with Crippen LogP contribution in [0.1, 0.15) is 37.0 Å². The molecule has 0 fully saturated rings. The molecule has 0 radical (unpaired) electrons. The van der Waals surface area contributed by atoms with Crippen molar-refractivity contribution in [3.8, 4) is 5.75 Å². The highest BCUT2D eigenvalue weighted by Gasteiger charge is 2.31. The third kappa shape index (κ3) is 4.66. The molecule has 0 heterocycles. The van der Waals surface area contributed by atoms with Crippen molar-refractivity contribution >= 4 is 5.97 Å². The molecule has 23 heavy (non-hydrogen) atoms. The Labute approximate surface area is 135 Å². The molecule has 4 nitrogen and oxygen atoms in total. The SMILES string of the molecule is CCOC(=O)c1ccccc1OC(CC)OC1(F)C=CC=CC1. The quantitative estimate of drug-likeness (QED) is 0.558. The normalized spacial score (nSPS) is 21.0. The molecule has 1 aromatic rings. The van der Waals surface area contributed by atoms with E-state index in [4.69, 9.17) is 14.2 Å². The highest BCUT2D eigenvalue weighted by Crippen LogP contribution is 2.29. The maximum Gasteiger partial charge on any atom is 0.341 e. The summed E-state index contributed by atoms with van der Waals surface area (Å²) in [6.07, 6.45) is 6.16. The average Bonchev–Trinajstić information content (AvgIpc) is 2.55. The van der Waals surface area contributed by atoms with Crippen LogP contribution >= 0.6 is 0 Å². The molecule has 2 atom stereocenters. The van der Waals surface area contributed by atoms with Crippen LogP contribution in [0.15, 0.2) is 48.6 Å². The molecule has 1 aliphatic rings. The molecule has 2 rings (SSSR count).